The summed E-state index contributed by atoms with van der Waals surface area (Å²) in [6.07, 6.45) is 1.20. The highest BCUT2D eigenvalue weighted by Crippen LogP contribution is 2.26. The van der Waals surface area contributed by atoms with Gasteiger partial charge in [0.2, 0.25) is 0 Å². The zero-order valence-corrected chi connectivity index (χ0v) is 12.7. The second-order valence-electron chi connectivity index (χ2n) is 5.22. The Bertz CT molecular complexity index is 586. The van der Waals surface area contributed by atoms with Crippen molar-refractivity contribution in [2.75, 3.05) is 39.2 Å². The molecule has 2 aromatic heterocycles. The van der Waals surface area contributed by atoms with E-state index in [-0.39, 0.29) is 0 Å². The van der Waals surface area contributed by atoms with Gasteiger partial charge >= 0.3 is 0 Å². The van der Waals surface area contributed by atoms with Crippen LogP contribution >= 0.6 is 11.3 Å². The van der Waals surface area contributed by atoms with E-state index in [9.17, 15) is 0 Å². The van der Waals surface area contributed by atoms with Crippen LogP contribution < -0.4 is 5.32 Å². The maximum Gasteiger partial charge on any atom is 0.146 e. The van der Waals surface area contributed by atoms with Crippen LogP contribution in [0.1, 0.15) is 12.2 Å². The summed E-state index contributed by atoms with van der Waals surface area (Å²) in [4.78, 5) is 12.8. The number of likely N-dealkylation sites (tertiary alicyclic amines) is 1. The molecule has 3 rings (SSSR count). The molecule has 20 heavy (non-hydrogen) atoms. The first-order valence-corrected chi connectivity index (χ1v) is 7.81. The van der Waals surface area contributed by atoms with Gasteiger partial charge in [-0.2, -0.15) is 0 Å². The van der Waals surface area contributed by atoms with Gasteiger partial charge < -0.3 is 10.1 Å². The predicted molar refractivity (Wildman–Crippen MR) is 82.2 cm³/mol. The van der Waals surface area contributed by atoms with Crippen LogP contribution in [0.2, 0.25) is 0 Å². The third kappa shape index (κ3) is 2.77. The lowest BCUT2D eigenvalue weighted by Gasteiger charge is -2.15. The molecule has 0 spiro atoms. The van der Waals surface area contributed by atoms with Crippen molar-refractivity contribution in [1.82, 2.24) is 14.9 Å². The summed E-state index contributed by atoms with van der Waals surface area (Å²) >= 11 is 1.67. The van der Waals surface area contributed by atoms with Crippen molar-refractivity contribution < 1.29 is 4.74 Å². The number of thiophene rings is 1. The maximum absolute atomic E-state index is 5.24. The molecule has 0 aliphatic carbocycles. The number of hydrogen-bond acceptors (Lipinski definition) is 6. The molecule has 1 saturated heterocycles. The van der Waals surface area contributed by atoms with Crippen LogP contribution in [-0.4, -0.2) is 48.7 Å². The summed E-state index contributed by atoms with van der Waals surface area (Å²) in [7, 11) is 3.68. The second-order valence-corrected chi connectivity index (χ2v) is 6.12. The molecule has 1 atom stereocenters. The minimum Gasteiger partial charge on any atom is -0.384 e. The number of rotatable bonds is 5. The van der Waals surface area contributed by atoms with E-state index in [2.05, 4.69) is 31.6 Å². The van der Waals surface area contributed by atoms with Crippen molar-refractivity contribution in [2.45, 2.75) is 13.0 Å². The Morgan fingerprint density at radius 1 is 1.50 bits per heavy atom. The van der Waals surface area contributed by atoms with Gasteiger partial charge in [-0.05, 0) is 30.3 Å². The Hall–Kier alpha value is -1.24. The van der Waals surface area contributed by atoms with Crippen LogP contribution in [0.15, 0.2) is 11.4 Å². The first-order valence-electron chi connectivity index (χ1n) is 6.93. The molecule has 1 N–H and O–H groups in total. The van der Waals surface area contributed by atoms with E-state index in [0.717, 1.165) is 48.1 Å². The van der Waals surface area contributed by atoms with E-state index in [1.54, 1.807) is 18.4 Å². The average molecular weight is 292 g/mol. The minimum absolute atomic E-state index is 0.647. The first kappa shape index (κ1) is 13.7. The molecule has 6 heteroatoms. The van der Waals surface area contributed by atoms with Gasteiger partial charge in [0.1, 0.15) is 16.5 Å². The number of methoxy groups -OCH3 is 1. The number of anilines is 1. The molecule has 108 valence electrons. The van der Waals surface area contributed by atoms with Crippen LogP contribution in [0.25, 0.3) is 10.2 Å². The van der Waals surface area contributed by atoms with E-state index < -0.39 is 0 Å². The van der Waals surface area contributed by atoms with Crippen molar-refractivity contribution in [3.63, 3.8) is 0 Å². The molecule has 1 aliphatic heterocycles. The molecular formula is C14H20N4OS. The van der Waals surface area contributed by atoms with E-state index in [0.29, 0.717) is 5.92 Å². The number of fused-ring (bicyclic) bond motifs is 1. The molecule has 0 bridgehead atoms. The molecule has 0 saturated carbocycles. The number of aromatic nitrogens is 2. The van der Waals surface area contributed by atoms with E-state index in [4.69, 9.17) is 4.74 Å². The molecule has 0 aromatic carbocycles. The van der Waals surface area contributed by atoms with Crippen LogP contribution in [0.4, 0.5) is 5.82 Å². The maximum atomic E-state index is 5.24. The third-order valence-corrected chi connectivity index (χ3v) is 4.55. The highest BCUT2D eigenvalue weighted by Gasteiger charge is 2.23. The van der Waals surface area contributed by atoms with Gasteiger partial charge in [0.05, 0.1) is 18.5 Å². The molecule has 1 unspecified atom stereocenters. The van der Waals surface area contributed by atoms with Crippen molar-refractivity contribution in [3.8, 4) is 0 Å². The lowest BCUT2D eigenvalue weighted by atomic mass is 10.1. The van der Waals surface area contributed by atoms with Crippen LogP contribution in [0.5, 0.6) is 0 Å². The molecule has 1 fully saturated rings. The average Bonchev–Trinajstić information content (AvgIpc) is 3.07. The largest absolute Gasteiger partial charge is 0.384 e. The zero-order chi connectivity index (χ0) is 13.9. The number of nitrogens with one attached hydrogen (secondary N) is 1. The number of nitrogens with zero attached hydrogens (tertiary/aromatic N) is 3. The smallest absolute Gasteiger partial charge is 0.146 e. The van der Waals surface area contributed by atoms with Crippen LogP contribution in [0, 0.1) is 5.92 Å². The van der Waals surface area contributed by atoms with Gasteiger partial charge in [-0.15, -0.1) is 11.3 Å². The molecule has 0 amide bonds. The van der Waals surface area contributed by atoms with Gasteiger partial charge in [-0.3, -0.25) is 4.90 Å². The predicted octanol–water partition coefficient (Wildman–Crippen LogP) is 2.20. The van der Waals surface area contributed by atoms with Gasteiger partial charge in [0.25, 0.3) is 0 Å². The third-order valence-electron chi connectivity index (χ3n) is 3.75. The fraction of sp³-hybridized carbons (Fsp3) is 0.571. The lowest BCUT2D eigenvalue weighted by molar-refractivity contribution is 0.152. The Balaban J connectivity index is 1.74. The van der Waals surface area contributed by atoms with Crippen LogP contribution in [0.3, 0.4) is 0 Å². The van der Waals surface area contributed by atoms with Gasteiger partial charge in [0.15, 0.2) is 0 Å². The van der Waals surface area contributed by atoms with Crippen molar-refractivity contribution in [2.24, 2.45) is 5.92 Å². The highest BCUT2D eigenvalue weighted by molar-refractivity contribution is 7.16. The Morgan fingerprint density at radius 2 is 2.40 bits per heavy atom. The highest BCUT2D eigenvalue weighted by atomic mass is 32.1. The van der Waals surface area contributed by atoms with Crippen molar-refractivity contribution in [3.05, 3.63) is 17.3 Å². The molecule has 1 aliphatic rings. The van der Waals surface area contributed by atoms with Crippen molar-refractivity contribution in [1.29, 1.82) is 0 Å². The second kappa shape index (κ2) is 6.03. The normalized spacial score (nSPS) is 19.8. The quantitative estimate of drug-likeness (QED) is 0.915. The summed E-state index contributed by atoms with van der Waals surface area (Å²) in [5, 5.41) is 6.34. The summed E-state index contributed by atoms with van der Waals surface area (Å²) in [5.41, 5.74) is 0. The Kier molecular flexibility index (Phi) is 4.14. The van der Waals surface area contributed by atoms with E-state index in [1.807, 2.05) is 7.05 Å². The van der Waals surface area contributed by atoms with E-state index in [1.165, 1.54) is 6.42 Å². The molecule has 0 radical (unpaired) electrons. The SMILES string of the molecule is CNc1nc(CN2CCC(COC)C2)nc2sccc12. The van der Waals surface area contributed by atoms with Gasteiger partial charge in [-0.25, -0.2) is 9.97 Å². The molecule has 5 nitrogen and oxygen atoms in total. The molecule has 3 heterocycles. The lowest BCUT2D eigenvalue weighted by Crippen LogP contribution is -2.22. The standard InChI is InChI=1S/C14H20N4OS/c1-15-13-11-4-6-20-14(11)17-12(16-13)8-18-5-3-10(7-18)9-19-2/h4,6,10H,3,5,7-9H2,1-2H3,(H,15,16,17). The number of hydrogen-bond donors (Lipinski definition) is 1. The fourth-order valence-electron chi connectivity index (χ4n) is 2.79. The van der Waals surface area contributed by atoms with Crippen molar-refractivity contribution >= 4 is 27.4 Å². The van der Waals surface area contributed by atoms with Gasteiger partial charge in [0, 0.05) is 20.7 Å². The summed E-state index contributed by atoms with van der Waals surface area (Å²) < 4.78 is 5.24. The van der Waals surface area contributed by atoms with E-state index >= 15 is 0 Å². The Labute approximate surface area is 123 Å². The molecule has 2 aromatic rings. The zero-order valence-electron chi connectivity index (χ0n) is 11.9. The number of ether oxygens (including phenoxy) is 1. The van der Waals surface area contributed by atoms with Gasteiger partial charge in [-0.1, -0.05) is 0 Å². The first-order chi connectivity index (χ1) is 9.80. The topological polar surface area (TPSA) is 50.3 Å². The molecular weight excluding hydrogens is 272 g/mol. The fourth-order valence-corrected chi connectivity index (χ4v) is 3.57. The Morgan fingerprint density at radius 3 is 3.20 bits per heavy atom. The minimum atomic E-state index is 0.647. The summed E-state index contributed by atoms with van der Waals surface area (Å²) in [5.74, 6) is 2.48. The monoisotopic (exact) mass is 292 g/mol. The summed E-state index contributed by atoms with van der Waals surface area (Å²) in [6, 6.07) is 2.07. The van der Waals surface area contributed by atoms with Crippen LogP contribution in [-0.2, 0) is 11.3 Å². The summed E-state index contributed by atoms with van der Waals surface area (Å²) in [6.45, 7) is 3.86.